The summed E-state index contributed by atoms with van der Waals surface area (Å²) < 4.78 is 23.1. The van der Waals surface area contributed by atoms with Crippen LogP contribution in [0.4, 0.5) is 0 Å². The Morgan fingerprint density at radius 2 is 1.68 bits per heavy atom. The Morgan fingerprint density at radius 3 is 2.46 bits per heavy atom. The van der Waals surface area contributed by atoms with Crippen LogP contribution in [0.5, 0.6) is 0 Å². The van der Waals surface area contributed by atoms with Crippen LogP contribution in [0.25, 0.3) is 0 Å². The molecule has 3 saturated heterocycles. The van der Waals surface area contributed by atoms with Gasteiger partial charge in [0.25, 0.3) is 0 Å². The topological polar surface area (TPSA) is 118 Å². The number of rotatable bonds is 0. The van der Waals surface area contributed by atoms with Crippen molar-refractivity contribution in [2.75, 3.05) is 0 Å². The van der Waals surface area contributed by atoms with Crippen LogP contribution in [0.15, 0.2) is 23.0 Å². The lowest BCUT2D eigenvalue weighted by Crippen LogP contribution is -2.72. The van der Waals surface area contributed by atoms with Crippen LogP contribution in [0.1, 0.15) is 13.8 Å². The van der Waals surface area contributed by atoms with Gasteiger partial charge in [-0.25, -0.2) is 0 Å². The summed E-state index contributed by atoms with van der Waals surface area (Å²) in [6.45, 7) is 3.77. The summed E-state index contributed by atoms with van der Waals surface area (Å²) in [6.07, 6.45) is -4.40. The fourth-order valence-electron chi connectivity index (χ4n) is 6.86. The maximum atomic E-state index is 13.7. The molecule has 0 aromatic carbocycles. The molecule has 2 bridgehead atoms. The molecule has 0 amide bonds. The molecular weight excluding hydrogens is 368 g/mol. The zero-order valence-corrected chi connectivity index (χ0v) is 15.3. The summed E-state index contributed by atoms with van der Waals surface area (Å²) >= 11 is 0. The van der Waals surface area contributed by atoms with Gasteiger partial charge in [-0.3, -0.25) is 9.59 Å². The lowest BCUT2D eigenvalue weighted by molar-refractivity contribution is -0.210. The first kappa shape index (κ1) is 16.2. The van der Waals surface area contributed by atoms with Gasteiger partial charge < -0.3 is 29.2 Å². The number of aliphatic hydroxyl groups is 2. The molecule has 1 saturated carbocycles. The minimum absolute atomic E-state index is 0.113. The highest BCUT2D eigenvalue weighted by Gasteiger charge is 2.78. The third-order valence-corrected chi connectivity index (χ3v) is 8.00. The van der Waals surface area contributed by atoms with Crippen LogP contribution in [0, 0.1) is 17.3 Å². The molecule has 8 rings (SSSR count). The Bertz CT molecular complexity index is 921. The predicted molar refractivity (Wildman–Crippen MR) is 88.8 cm³/mol. The van der Waals surface area contributed by atoms with E-state index >= 15 is 0 Å². The summed E-state index contributed by atoms with van der Waals surface area (Å²) in [5.41, 5.74) is 0.269. The molecule has 3 aliphatic carbocycles. The highest BCUT2D eigenvalue weighted by Crippen LogP contribution is 2.67. The van der Waals surface area contributed by atoms with Crippen molar-refractivity contribution in [2.24, 2.45) is 17.3 Å². The Hall–Kier alpha value is -1.58. The second-order valence-corrected chi connectivity index (χ2v) is 9.09. The van der Waals surface area contributed by atoms with Crippen molar-refractivity contribution >= 4 is 11.6 Å². The summed E-state index contributed by atoms with van der Waals surface area (Å²) in [5, 5.41) is 21.8. The summed E-state index contributed by atoms with van der Waals surface area (Å²) in [5.74, 6) is -1.05. The monoisotopic (exact) mass is 388 g/mol. The quantitative estimate of drug-likeness (QED) is 0.509. The fraction of sp³-hybridized carbons (Fsp3) is 0.700. The van der Waals surface area contributed by atoms with Crippen molar-refractivity contribution in [1.82, 2.24) is 0 Å². The van der Waals surface area contributed by atoms with Gasteiger partial charge in [-0.1, -0.05) is 0 Å². The molecule has 2 N–H and O–H groups in total. The zero-order valence-electron chi connectivity index (χ0n) is 15.3. The molecule has 12 atom stereocenters. The van der Waals surface area contributed by atoms with Crippen molar-refractivity contribution in [1.29, 1.82) is 0 Å². The van der Waals surface area contributed by atoms with E-state index in [0.29, 0.717) is 16.7 Å². The van der Waals surface area contributed by atoms with Crippen molar-refractivity contribution < 1.29 is 38.7 Å². The van der Waals surface area contributed by atoms with Gasteiger partial charge in [0.2, 0.25) is 0 Å². The molecule has 5 heterocycles. The van der Waals surface area contributed by atoms with E-state index in [2.05, 4.69) is 0 Å². The Morgan fingerprint density at radius 1 is 0.964 bits per heavy atom. The molecule has 0 unspecified atom stereocenters. The van der Waals surface area contributed by atoms with Crippen LogP contribution < -0.4 is 0 Å². The van der Waals surface area contributed by atoms with Gasteiger partial charge in [0.05, 0.1) is 30.0 Å². The Kier molecular flexibility index (Phi) is 2.67. The normalized spacial score (nSPS) is 60.0. The van der Waals surface area contributed by atoms with Gasteiger partial charge in [0.1, 0.15) is 36.6 Å². The number of aliphatic hydroxyl groups excluding tert-OH is 2. The van der Waals surface area contributed by atoms with Gasteiger partial charge in [-0.05, 0) is 19.4 Å². The number of hydrogen-bond acceptors (Lipinski definition) is 8. The van der Waals surface area contributed by atoms with Crippen LogP contribution in [-0.2, 0) is 28.5 Å². The second-order valence-electron chi connectivity index (χ2n) is 9.09. The molecule has 0 aromatic rings. The maximum Gasteiger partial charge on any atom is 0.190 e. The first-order valence-electron chi connectivity index (χ1n) is 9.90. The molecule has 4 fully saturated rings. The fourth-order valence-corrected chi connectivity index (χ4v) is 6.86. The highest BCUT2D eigenvalue weighted by atomic mass is 16.6. The molecule has 5 aliphatic heterocycles. The van der Waals surface area contributed by atoms with E-state index in [1.165, 1.54) is 6.26 Å². The number of ether oxygens (including phenoxy) is 4. The molecule has 8 heteroatoms. The van der Waals surface area contributed by atoms with Crippen molar-refractivity contribution in [3.05, 3.63) is 23.0 Å². The minimum atomic E-state index is -1.19. The third-order valence-electron chi connectivity index (χ3n) is 8.00. The highest BCUT2D eigenvalue weighted by molar-refractivity contribution is 6.06. The number of carbonyl (C=O) groups is 2. The van der Waals surface area contributed by atoms with Crippen molar-refractivity contribution in [2.45, 2.75) is 68.8 Å². The molecule has 8 nitrogen and oxygen atoms in total. The number of fused-ring (bicyclic) bond motifs is 3. The van der Waals surface area contributed by atoms with Crippen LogP contribution >= 0.6 is 0 Å². The predicted octanol–water partition coefficient (Wildman–Crippen LogP) is -0.973. The zero-order chi connectivity index (χ0) is 19.3. The summed E-state index contributed by atoms with van der Waals surface area (Å²) in [6, 6.07) is 0. The van der Waals surface area contributed by atoms with Crippen LogP contribution in [-0.4, -0.2) is 76.7 Å². The minimum Gasteiger partial charge on any atom is -0.498 e. The SMILES string of the molecule is C[C@@H]1O[C@@H]2C3=C(C(=O)[C@@H]4O[C@@H]4[C@H]3O)[C@H]1[C@@H]1[C@@H](C)OC=C3[C@H](O)[C@H]4O[C@H]4C(=O)[C@]312. The lowest BCUT2D eigenvalue weighted by Gasteiger charge is -2.63. The Labute approximate surface area is 160 Å². The number of hydrogen-bond donors (Lipinski definition) is 2. The third kappa shape index (κ3) is 1.47. The van der Waals surface area contributed by atoms with Gasteiger partial charge in [-0.15, -0.1) is 0 Å². The van der Waals surface area contributed by atoms with Crippen LogP contribution in [0.3, 0.4) is 0 Å². The van der Waals surface area contributed by atoms with Gasteiger partial charge in [0.15, 0.2) is 11.6 Å². The van der Waals surface area contributed by atoms with E-state index in [-0.39, 0.29) is 29.7 Å². The first-order chi connectivity index (χ1) is 13.4. The van der Waals surface area contributed by atoms with E-state index in [1.54, 1.807) is 0 Å². The van der Waals surface area contributed by atoms with Gasteiger partial charge in [-0.2, -0.15) is 0 Å². The van der Waals surface area contributed by atoms with E-state index in [9.17, 15) is 19.8 Å². The number of carbonyl (C=O) groups excluding carboxylic acids is 2. The smallest absolute Gasteiger partial charge is 0.190 e. The molecule has 8 aliphatic rings. The number of Topliss-reactive ketones (excluding diaryl/α,β-unsaturated/α-hetero) is 2. The maximum absolute atomic E-state index is 13.7. The molecule has 148 valence electrons. The van der Waals surface area contributed by atoms with E-state index in [4.69, 9.17) is 18.9 Å². The average molecular weight is 388 g/mol. The summed E-state index contributed by atoms with van der Waals surface area (Å²) in [4.78, 5) is 26.7. The molecule has 0 aromatic heterocycles. The van der Waals surface area contributed by atoms with Crippen LogP contribution in [0.2, 0.25) is 0 Å². The Balaban J connectivity index is 1.52. The number of epoxide rings is 2. The van der Waals surface area contributed by atoms with Gasteiger partial charge in [0, 0.05) is 23.0 Å². The molecule has 1 spiro atoms. The average Bonchev–Trinajstić information content (AvgIpc) is 3.57. The van der Waals surface area contributed by atoms with Crippen molar-refractivity contribution in [3.63, 3.8) is 0 Å². The number of ketones is 2. The lowest BCUT2D eigenvalue weighted by atomic mass is 9.45. The second kappa shape index (κ2) is 4.60. The summed E-state index contributed by atoms with van der Waals surface area (Å²) in [7, 11) is 0. The molecule has 0 radical (unpaired) electrons. The standard InChI is InChI=1S/C20H20O8/c1-4-7-8-9(13(23)16-15(27-16)12(8)22)19(26-4)20-6(3-25-5(2)10(7)20)11(21)14-17(28-14)18(20)24/h3-5,7,10-11,13-17,19,21,23H,1-2H3/t4-,5+,7-,10-,11-,13-,14+,15-,16+,17+,19+,20-/m0/s1. The first-order valence-corrected chi connectivity index (χ1v) is 9.90. The molecular formula is C20H20O8. The van der Waals surface area contributed by atoms with Crippen molar-refractivity contribution in [3.8, 4) is 0 Å². The van der Waals surface area contributed by atoms with E-state index in [0.717, 1.165) is 0 Å². The van der Waals surface area contributed by atoms with E-state index < -0.39 is 54.1 Å². The van der Waals surface area contributed by atoms with E-state index in [1.807, 2.05) is 13.8 Å². The largest absolute Gasteiger partial charge is 0.498 e. The van der Waals surface area contributed by atoms with Gasteiger partial charge >= 0.3 is 0 Å². The molecule has 28 heavy (non-hydrogen) atoms.